The zero-order valence-corrected chi connectivity index (χ0v) is 11.5. The molecule has 0 aliphatic heterocycles. The van der Waals surface area contributed by atoms with Gasteiger partial charge in [0.05, 0.1) is 0 Å². The Kier molecular flexibility index (Phi) is 6.35. The Morgan fingerprint density at radius 2 is 2.28 bits per heavy atom. The molecule has 5 nitrogen and oxygen atoms in total. The smallest absolute Gasteiger partial charge is 0.251 e. The van der Waals surface area contributed by atoms with E-state index < -0.39 is 10.8 Å². The summed E-state index contributed by atoms with van der Waals surface area (Å²) in [6.07, 6.45) is 3.99. The minimum atomic E-state index is -0.802. The van der Waals surface area contributed by atoms with Crippen molar-refractivity contribution < 1.29 is 9.00 Å². The number of anilines is 1. The highest BCUT2D eigenvalue weighted by Gasteiger charge is 2.05. The second kappa shape index (κ2) is 7.81. The van der Waals surface area contributed by atoms with E-state index in [1.807, 2.05) is 6.92 Å². The molecule has 0 aliphatic rings. The molecule has 0 bridgehead atoms. The molecule has 18 heavy (non-hydrogen) atoms. The Hall–Kier alpha value is -1.43. The van der Waals surface area contributed by atoms with Crippen LogP contribution in [0.25, 0.3) is 0 Å². The van der Waals surface area contributed by atoms with Gasteiger partial charge in [-0.05, 0) is 25.5 Å². The topological polar surface area (TPSA) is 71.1 Å². The van der Waals surface area contributed by atoms with E-state index in [2.05, 4.69) is 15.6 Å². The van der Waals surface area contributed by atoms with Crippen molar-refractivity contribution in [2.24, 2.45) is 0 Å². The quantitative estimate of drug-likeness (QED) is 0.725. The number of carbonyl (C=O) groups is 1. The van der Waals surface area contributed by atoms with Crippen molar-refractivity contribution in [2.45, 2.75) is 13.3 Å². The van der Waals surface area contributed by atoms with Crippen molar-refractivity contribution in [1.82, 2.24) is 10.3 Å². The molecule has 1 heterocycles. The molecule has 1 atom stereocenters. The van der Waals surface area contributed by atoms with Crippen LogP contribution in [0.5, 0.6) is 0 Å². The number of hydrogen-bond donors (Lipinski definition) is 2. The highest BCUT2D eigenvalue weighted by Crippen LogP contribution is 2.06. The molecular formula is C12H19N3O2S. The summed E-state index contributed by atoms with van der Waals surface area (Å²) in [7, 11) is -0.802. The van der Waals surface area contributed by atoms with Gasteiger partial charge < -0.3 is 10.6 Å². The maximum absolute atomic E-state index is 11.8. The zero-order valence-electron chi connectivity index (χ0n) is 10.7. The van der Waals surface area contributed by atoms with E-state index >= 15 is 0 Å². The average Bonchev–Trinajstić information content (AvgIpc) is 2.35. The van der Waals surface area contributed by atoms with Gasteiger partial charge in [-0.3, -0.25) is 9.00 Å². The monoisotopic (exact) mass is 269 g/mol. The normalized spacial score (nSPS) is 11.9. The zero-order chi connectivity index (χ0) is 13.4. The van der Waals surface area contributed by atoms with Crippen LogP contribution in [0, 0.1) is 0 Å². The van der Waals surface area contributed by atoms with Crippen molar-refractivity contribution in [3.05, 3.63) is 23.9 Å². The first-order valence-electron chi connectivity index (χ1n) is 5.91. The van der Waals surface area contributed by atoms with Gasteiger partial charge in [0, 0.05) is 47.7 Å². The SMILES string of the molecule is CCNc1cc(C(=O)NCCCS(C)=O)ccn1. The Labute approximate surface area is 110 Å². The molecule has 0 saturated carbocycles. The Bertz CT molecular complexity index is 424. The lowest BCUT2D eigenvalue weighted by Gasteiger charge is -2.06. The summed E-state index contributed by atoms with van der Waals surface area (Å²) in [5.41, 5.74) is 0.582. The summed E-state index contributed by atoms with van der Waals surface area (Å²) in [6, 6.07) is 3.39. The van der Waals surface area contributed by atoms with Crippen molar-refractivity contribution in [1.29, 1.82) is 0 Å². The van der Waals surface area contributed by atoms with Crippen molar-refractivity contribution in [3.63, 3.8) is 0 Å². The number of carbonyl (C=O) groups excluding carboxylic acids is 1. The van der Waals surface area contributed by atoms with E-state index in [0.29, 0.717) is 23.7 Å². The molecule has 0 aliphatic carbocycles. The summed E-state index contributed by atoms with van der Waals surface area (Å²) in [4.78, 5) is 15.9. The average molecular weight is 269 g/mol. The molecule has 1 aromatic rings. The Balaban J connectivity index is 2.45. The number of hydrogen-bond acceptors (Lipinski definition) is 4. The van der Waals surface area contributed by atoms with E-state index in [1.54, 1.807) is 24.6 Å². The summed E-state index contributed by atoms with van der Waals surface area (Å²) in [6.45, 7) is 3.27. The van der Waals surface area contributed by atoms with Crippen molar-refractivity contribution >= 4 is 22.5 Å². The lowest BCUT2D eigenvalue weighted by molar-refractivity contribution is 0.0953. The fraction of sp³-hybridized carbons (Fsp3) is 0.500. The second-order valence-electron chi connectivity index (χ2n) is 3.85. The first-order valence-corrected chi connectivity index (χ1v) is 7.64. The number of amides is 1. The second-order valence-corrected chi connectivity index (χ2v) is 5.40. The van der Waals surface area contributed by atoms with Crippen LogP contribution in [0.4, 0.5) is 5.82 Å². The molecule has 1 rings (SSSR count). The molecule has 1 amide bonds. The molecule has 0 spiro atoms. The fourth-order valence-corrected chi connectivity index (χ4v) is 1.98. The molecular weight excluding hydrogens is 250 g/mol. The van der Waals surface area contributed by atoms with Crippen LogP contribution in [0.3, 0.4) is 0 Å². The van der Waals surface area contributed by atoms with Crippen LogP contribution in [0.1, 0.15) is 23.7 Å². The summed E-state index contributed by atoms with van der Waals surface area (Å²) >= 11 is 0. The maximum atomic E-state index is 11.8. The Morgan fingerprint density at radius 1 is 1.50 bits per heavy atom. The third kappa shape index (κ3) is 5.27. The van der Waals surface area contributed by atoms with Gasteiger partial charge in [-0.1, -0.05) is 0 Å². The Morgan fingerprint density at radius 3 is 2.94 bits per heavy atom. The van der Waals surface area contributed by atoms with Gasteiger partial charge in [-0.2, -0.15) is 0 Å². The number of pyridine rings is 1. The van der Waals surface area contributed by atoms with Gasteiger partial charge >= 0.3 is 0 Å². The molecule has 6 heteroatoms. The molecule has 1 aromatic heterocycles. The lowest BCUT2D eigenvalue weighted by atomic mass is 10.2. The van der Waals surface area contributed by atoms with Crippen LogP contribution in [-0.2, 0) is 10.8 Å². The molecule has 0 saturated heterocycles. The summed E-state index contributed by atoms with van der Waals surface area (Å²) in [5, 5.41) is 5.85. The predicted octanol–water partition coefficient (Wildman–Crippen LogP) is 1.01. The minimum Gasteiger partial charge on any atom is -0.370 e. The van der Waals surface area contributed by atoms with Crippen LogP contribution in [0.15, 0.2) is 18.3 Å². The third-order valence-corrected chi connectivity index (χ3v) is 3.14. The molecule has 0 radical (unpaired) electrons. The standard InChI is InChI=1S/C12H19N3O2S/c1-3-13-11-9-10(5-7-14-11)12(16)15-6-4-8-18(2)17/h5,7,9H,3-4,6,8H2,1-2H3,(H,13,14)(H,15,16). The molecule has 1 unspecified atom stereocenters. The van der Waals surface area contributed by atoms with Gasteiger partial charge in [0.25, 0.3) is 5.91 Å². The maximum Gasteiger partial charge on any atom is 0.251 e. The van der Waals surface area contributed by atoms with Crippen molar-refractivity contribution in [3.8, 4) is 0 Å². The van der Waals surface area contributed by atoms with Crippen LogP contribution in [-0.4, -0.2) is 40.2 Å². The van der Waals surface area contributed by atoms with E-state index in [-0.39, 0.29) is 5.91 Å². The van der Waals surface area contributed by atoms with Crippen LogP contribution >= 0.6 is 0 Å². The molecule has 2 N–H and O–H groups in total. The number of aromatic nitrogens is 1. The number of nitrogens with zero attached hydrogens (tertiary/aromatic N) is 1. The first-order chi connectivity index (χ1) is 8.63. The molecule has 100 valence electrons. The highest BCUT2D eigenvalue weighted by molar-refractivity contribution is 7.84. The first kappa shape index (κ1) is 14.6. The molecule has 0 fully saturated rings. The fourth-order valence-electron chi connectivity index (χ4n) is 1.43. The molecule has 0 aromatic carbocycles. The minimum absolute atomic E-state index is 0.126. The largest absolute Gasteiger partial charge is 0.370 e. The van der Waals surface area contributed by atoms with E-state index in [1.165, 1.54) is 0 Å². The van der Waals surface area contributed by atoms with Gasteiger partial charge in [-0.25, -0.2) is 4.98 Å². The number of rotatable bonds is 7. The van der Waals surface area contributed by atoms with E-state index in [0.717, 1.165) is 13.0 Å². The van der Waals surface area contributed by atoms with E-state index in [4.69, 9.17) is 0 Å². The highest BCUT2D eigenvalue weighted by atomic mass is 32.2. The van der Waals surface area contributed by atoms with Crippen molar-refractivity contribution in [2.75, 3.05) is 30.4 Å². The number of nitrogens with one attached hydrogen (secondary N) is 2. The predicted molar refractivity (Wildman–Crippen MR) is 74.3 cm³/mol. The third-order valence-electron chi connectivity index (χ3n) is 2.27. The van der Waals surface area contributed by atoms with Crippen LogP contribution in [0.2, 0.25) is 0 Å². The van der Waals surface area contributed by atoms with Gasteiger partial charge in [-0.15, -0.1) is 0 Å². The van der Waals surface area contributed by atoms with Gasteiger partial charge in [0.1, 0.15) is 5.82 Å². The van der Waals surface area contributed by atoms with Crippen LogP contribution < -0.4 is 10.6 Å². The van der Waals surface area contributed by atoms with Gasteiger partial charge in [0.15, 0.2) is 0 Å². The summed E-state index contributed by atoms with van der Waals surface area (Å²) < 4.78 is 10.9. The van der Waals surface area contributed by atoms with Gasteiger partial charge in [0.2, 0.25) is 0 Å². The lowest BCUT2D eigenvalue weighted by Crippen LogP contribution is -2.25. The summed E-state index contributed by atoms with van der Waals surface area (Å²) in [5.74, 6) is 1.18. The van der Waals surface area contributed by atoms with E-state index in [9.17, 15) is 9.00 Å².